The first-order valence-electron chi connectivity index (χ1n) is 9.90. The Labute approximate surface area is 171 Å². The van der Waals surface area contributed by atoms with Crippen molar-refractivity contribution in [2.24, 2.45) is 11.7 Å². The average molecular weight is 427 g/mol. The number of carbonyl (C=O) groups is 2. The van der Waals surface area contributed by atoms with Crippen LogP contribution in [0.3, 0.4) is 0 Å². The number of pyridine rings is 1. The number of hydrogen-bond donors (Lipinski definition) is 2. The standard InChI is InChI=1S/C19H24F3N5O3/c20-19(21,22)18(30)4-6-26(11-18)15-2-1-12(7-24-15)14-9-27(10-14)17(29)25-5-3-13(8-25)16(23)28/h1-2,7,13-14,30H,3-6,8-11H2,(H2,23,28)/t13-,18?/m0/s1. The fourth-order valence-corrected chi connectivity index (χ4v) is 4.26. The van der Waals surface area contributed by atoms with Gasteiger partial charge in [0.15, 0.2) is 5.60 Å². The van der Waals surface area contributed by atoms with E-state index in [1.807, 2.05) is 0 Å². The molecule has 0 radical (unpaired) electrons. The Kier molecular flexibility index (Phi) is 5.03. The van der Waals surface area contributed by atoms with Crippen LogP contribution in [0.15, 0.2) is 18.3 Å². The molecule has 0 saturated carbocycles. The molecule has 164 valence electrons. The summed E-state index contributed by atoms with van der Waals surface area (Å²) in [6, 6.07) is 3.35. The molecule has 4 heterocycles. The lowest BCUT2D eigenvalue weighted by atomic mass is 9.93. The van der Waals surface area contributed by atoms with Gasteiger partial charge in [-0.2, -0.15) is 13.2 Å². The molecule has 0 spiro atoms. The molecule has 8 nitrogen and oxygen atoms in total. The third kappa shape index (κ3) is 3.66. The smallest absolute Gasteiger partial charge is 0.379 e. The van der Waals surface area contributed by atoms with Crippen molar-refractivity contribution in [2.75, 3.05) is 44.2 Å². The van der Waals surface area contributed by atoms with Crippen LogP contribution in [-0.2, 0) is 4.79 Å². The zero-order chi connectivity index (χ0) is 21.7. The molecule has 4 rings (SSSR count). The fraction of sp³-hybridized carbons (Fsp3) is 0.632. The van der Waals surface area contributed by atoms with Crippen LogP contribution in [0, 0.1) is 5.92 Å². The number of aromatic nitrogens is 1. The van der Waals surface area contributed by atoms with Crippen molar-refractivity contribution in [2.45, 2.75) is 30.5 Å². The van der Waals surface area contributed by atoms with Gasteiger partial charge in [0.05, 0.1) is 12.5 Å². The predicted molar refractivity (Wildman–Crippen MR) is 101 cm³/mol. The summed E-state index contributed by atoms with van der Waals surface area (Å²) in [6.07, 6.45) is -2.85. The van der Waals surface area contributed by atoms with Crippen LogP contribution in [0.2, 0.25) is 0 Å². The zero-order valence-corrected chi connectivity index (χ0v) is 16.3. The number of nitrogens with zero attached hydrogens (tertiary/aromatic N) is 4. The van der Waals surface area contributed by atoms with Gasteiger partial charge in [0.25, 0.3) is 0 Å². The summed E-state index contributed by atoms with van der Waals surface area (Å²) in [4.78, 5) is 32.8. The molecule has 3 aliphatic heterocycles. The van der Waals surface area contributed by atoms with Crippen molar-refractivity contribution >= 4 is 17.8 Å². The number of β-amino-alcohol motifs (C(OH)–C–C–N with tert-alkyl or cyclic N) is 1. The summed E-state index contributed by atoms with van der Waals surface area (Å²) in [6.45, 7) is 1.47. The first-order valence-corrected chi connectivity index (χ1v) is 9.90. The van der Waals surface area contributed by atoms with Crippen LogP contribution in [0.5, 0.6) is 0 Å². The highest BCUT2D eigenvalue weighted by molar-refractivity contribution is 5.80. The number of alkyl halides is 3. The van der Waals surface area contributed by atoms with Gasteiger partial charge in [-0.1, -0.05) is 6.07 Å². The Morgan fingerprint density at radius 1 is 1.17 bits per heavy atom. The number of anilines is 1. The normalized spacial score (nSPS) is 27.5. The van der Waals surface area contributed by atoms with Crippen molar-refractivity contribution in [3.8, 4) is 0 Å². The van der Waals surface area contributed by atoms with Crippen molar-refractivity contribution in [3.63, 3.8) is 0 Å². The number of primary amides is 1. The van der Waals surface area contributed by atoms with E-state index < -0.39 is 18.3 Å². The number of urea groups is 1. The topological polar surface area (TPSA) is 103 Å². The molecule has 1 aromatic heterocycles. The van der Waals surface area contributed by atoms with E-state index in [2.05, 4.69) is 4.98 Å². The van der Waals surface area contributed by atoms with E-state index in [1.165, 1.54) is 4.90 Å². The summed E-state index contributed by atoms with van der Waals surface area (Å²) in [7, 11) is 0. The molecule has 3 N–H and O–H groups in total. The second-order valence-electron chi connectivity index (χ2n) is 8.37. The molecule has 3 saturated heterocycles. The quantitative estimate of drug-likeness (QED) is 0.747. The Bertz CT molecular complexity index is 828. The minimum Gasteiger partial charge on any atom is -0.379 e. The van der Waals surface area contributed by atoms with Crippen molar-refractivity contribution in [1.82, 2.24) is 14.8 Å². The highest BCUT2D eigenvalue weighted by atomic mass is 19.4. The molecule has 1 aromatic rings. The van der Waals surface area contributed by atoms with E-state index in [1.54, 1.807) is 28.1 Å². The Balaban J connectivity index is 1.30. The lowest BCUT2D eigenvalue weighted by molar-refractivity contribution is -0.250. The molecule has 0 bridgehead atoms. The molecule has 3 fully saturated rings. The fourth-order valence-electron chi connectivity index (χ4n) is 4.26. The molecule has 11 heteroatoms. The number of likely N-dealkylation sites (tertiary alicyclic amines) is 2. The van der Waals surface area contributed by atoms with Gasteiger partial charge in [-0.05, 0) is 18.1 Å². The summed E-state index contributed by atoms with van der Waals surface area (Å²) in [5, 5.41) is 9.81. The second-order valence-corrected chi connectivity index (χ2v) is 8.37. The van der Waals surface area contributed by atoms with Crippen LogP contribution in [0.25, 0.3) is 0 Å². The molecular weight excluding hydrogens is 403 g/mol. The van der Waals surface area contributed by atoms with Gasteiger partial charge in [-0.3, -0.25) is 4.79 Å². The number of hydrogen-bond acceptors (Lipinski definition) is 5. The van der Waals surface area contributed by atoms with Gasteiger partial charge in [0.1, 0.15) is 5.82 Å². The predicted octanol–water partition coefficient (Wildman–Crippen LogP) is 0.911. The summed E-state index contributed by atoms with van der Waals surface area (Å²) < 4.78 is 38.9. The monoisotopic (exact) mass is 427 g/mol. The maximum Gasteiger partial charge on any atom is 0.418 e. The largest absolute Gasteiger partial charge is 0.418 e. The first-order chi connectivity index (χ1) is 14.1. The Morgan fingerprint density at radius 2 is 1.90 bits per heavy atom. The Morgan fingerprint density at radius 3 is 2.43 bits per heavy atom. The van der Waals surface area contributed by atoms with Crippen LogP contribution in [0.1, 0.15) is 24.3 Å². The summed E-state index contributed by atoms with van der Waals surface area (Å²) in [5.74, 6) is -0.176. The van der Waals surface area contributed by atoms with E-state index in [-0.39, 0.29) is 36.7 Å². The molecular formula is C19H24F3N5O3. The number of aliphatic hydroxyl groups is 1. The van der Waals surface area contributed by atoms with E-state index in [0.29, 0.717) is 38.4 Å². The van der Waals surface area contributed by atoms with E-state index in [9.17, 15) is 27.9 Å². The van der Waals surface area contributed by atoms with Crippen LogP contribution in [0.4, 0.5) is 23.8 Å². The van der Waals surface area contributed by atoms with Gasteiger partial charge in [-0.25, -0.2) is 9.78 Å². The highest BCUT2D eigenvalue weighted by Crippen LogP contribution is 2.39. The third-order valence-corrected chi connectivity index (χ3v) is 6.35. The zero-order valence-electron chi connectivity index (χ0n) is 16.3. The van der Waals surface area contributed by atoms with Gasteiger partial charge >= 0.3 is 12.2 Å². The molecule has 3 amide bonds. The van der Waals surface area contributed by atoms with E-state index >= 15 is 0 Å². The SMILES string of the molecule is NC(=O)[C@H]1CCN(C(=O)N2CC(c3ccc(N4CCC(O)(C(F)(F)F)C4)nc3)C2)C1. The number of nitrogens with two attached hydrogens (primary N) is 1. The number of carbonyl (C=O) groups excluding carboxylic acids is 2. The molecule has 3 aliphatic rings. The van der Waals surface area contributed by atoms with Gasteiger partial charge in [0.2, 0.25) is 5.91 Å². The van der Waals surface area contributed by atoms with Crippen molar-refractivity contribution in [3.05, 3.63) is 23.9 Å². The molecule has 2 atom stereocenters. The van der Waals surface area contributed by atoms with E-state index in [0.717, 1.165) is 5.56 Å². The maximum absolute atomic E-state index is 13.0. The highest BCUT2D eigenvalue weighted by Gasteiger charge is 2.57. The van der Waals surface area contributed by atoms with Crippen LogP contribution < -0.4 is 10.6 Å². The molecule has 30 heavy (non-hydrogen) atoms. The molecule has 0 aromatic carbocycles. The summed E-state index contributed by atoms with van der Waals surface area (Å²) >= 11 is 0. The number of amides is 3. The number of rotatable bonds is 3. The van der Waals surface area contributed by atoms with Gasteiger partial charge in [-0.15, -0.1) is 0 Å². The summed E-state index contributed by atoms with van der Waals surface area (Å²) in [5.41, 5.74) is 3.51. The minimum atomic E-state index is -4.67. The Hall–Kier alpha value is -2.56. The van der Waals surface area contributed by atoms with Gasteiger partial charge in [0, 0.05) is 51.3 Å². The second kappa shape index (κ2) is 7.29. The van der Waals surface area contributed by atoms with Crippen molar-refractivity contribution in [1.29, 1.82) is 0 Å². The minimum absolute atomic E-state index is 0.0796. The van der Waals surface area contributed by atoms with Crippen LogP contribution >= 0.6 is 0 Å². The average Bonchev–Trinajstić information content (AvgIpc) is 3.28. The maximum atomic E-state index is 13.0. The first kappa shape index (κ1) is 20.7. The number of halogens is 3. The van der Waals surface area contributed by atoms with Gasteiger partial charge < -0.3 is 25.5 Å². The third-order valence-electron chi connectivity index (χ3n) is 6.35. The molecule has 1 unspecified atom stereocenters. The van der Waals surface area contributed by atoms with Crippen molar-refractivity contribution < 1.29 is 27.9 Å². The lowest BCUT2D eigenvalue weighted by Crippen LogP contribution is -2.53. The van der Waals surface area contributed by atoms with E-state index in [4.69, 9.17) is 5.73 Å². The lowest BCUT2D eigenvalue weighted by Gasteiger charge is -2.41. The van der Waals surface area contributed by atoms with Crippen LogP contribution in [-0.4, -0.2) is 82.9 Å². The molecule has 0 aliphatic carbocycles.